The van der Waals surface area contributed by atoms with Crippen LogP contribution >= 0.6 is 15.9 Å². The minimum absolute atomic E-state index is 0.285. The van der Waals surface area contributed by atoms with Crippen LogP contribution in [-0.2, 0) is 9.84 Å². The number of benzene rings is 2. The van der Waals surface area contributed by atoms with E-state index >= 15 is 0 Å². The summed E-state index contributed by atoms with van der Waals surface area (Å²) in [6, 6.07) is 14.3. The van der Waals surface area contributed by atoms with Gasteiger partial charge in [-0.1, -0.05) is 15.9 Å². The van der Waals surface area contributed by atoms with Gasteiger partial charge < -0.3 is 10.1 Å². The summed E-state index contributed by atoms with van der Waals surface area (Å²) in [6.07, 6.45) is 2.95. The molecule has 3 rings (SSSR count). The van der Waals surface area contributed by atoms with Crippen LogP contribution in [0.3, 0.4) is 0 Å². The lowest BCUT2D eigenvalue weighted by Crippen LogP contribution is -2.11. The van der Waals surface area contributed by atoms with Crippen molar-refractivity contribution in [2.24, 2.45) is 0 Å². The molecule has 0 fully saturated rings. The minimum atomic E-state index is -3.18. The number of anilines is 1. The van der Waals surface area contributed by atoms with Gasteiger partial charge in [-0.3, -0.25) is 4.98 Å². The van der Waals surface area contributed by atoms with Crippen molar-refractivity contribution in [3.63, 3.8) is 0 Å². The average molecular weight is 421 g/mol. The van der Waals surface area contributed by atoms with Gasteiger partial charge in [0.05, 0.1) is 10.4 Å². The first kappa shape index (κ1) is 17.7. The highest BCUT2D eigenvalue weighted by Gasteiger charge is 2.06. The van der Waals surface area contributed by atoms with Crippen LogP contribution in [0.4, 0.5) is 5.69 Å². The third-order valence-corrected chi connectivity index (χ3v) is 5.26. The molecule has 0 unspecified atom stereocenters. The molecule has 130 valence electrons. The zero-order chi connectivity index (χ0) is 17.9. The zero-order valence-corrected chi connectivity index (χ0v) is 16.0. The Labute approximate surface area is 155 Å². The van der Waals surface area contributed by atoms with Crippen molar-refractivity contribution in [3.05, 3.63) is 59.2 Å². The normalized spacial score (nSPS) is 11.4. The Morgan fingerprint density at radius 2 is 1.88 bits per heavy atom. The van der Waals surface area contributed by atoms with Crippen molar-refractivity contribution in [3.8, 4) is 5.75 Å². The third-order valence-electron chi connectivity index (χ3n) is 3.64. The molecule has 2 aromatic carbocycles. The van der Waals surface area contributed by atoms with E-state index in [-0.39, 0.29) is 4.90 Å². The molecule has 0 atom stereocenters. The van der Waals surface area contributed by atoms with Crippen LogP contribution in [0.5, 0.6) is 5.75 Å². The van der Waals surface area contributed by atoms with E-state index in [2.05, 4.69) is 26.2 Å². The minimum Gasteiger partial charge on any atom is -0.492 e. The smallest absolute Gasteiger partial charge is 0.175 e. The monoisotopic (exact) mass is 420 g/mol. The summed E-state index contributed by atoms with van der Waals surface area (Å²) in [5.41, 5.74) is 1.91. The predicted octanol–water partition coefficient (Wildman–Crippen LogP) is 3.89. The fourth-order valence-corrected chi connectivity index (χ4v) is 3.39. The third kappa shape index (κ3) is 4.49. The molecule has 0 radical (unpaired) electrons. The van der Waals surface area contributed by atoms with Gasteiger partial charge in [-0.2, -0.15) is 0 Å². The Balaban J connectivity index is 1.59. The van der Waals surface area contributed by atoms with Crippen LogP contribution in [0.25, 0.3) is 10.9 Å². The second kappa shape index (κ2) is 7.41. The quantitative estimate of drug-likeness (QED) is 0.612. The van der Waals surface area contributed by atoms with Crippen molar-refractivity contribution in [2.45, 2.75) is 4.90 Å². The Morgan fingerprint density at radius 3 is 2.60 bits per heavy atom. The highest BCUT2D eigenvalue weighted by molar-refractivity contribution is 9.10. The number of sulfone groups is 1. The maximum Gasteiger partial charge on any atom is 0.175 e. The summed E-state index contributed by atoms with van der Waals surface area (Å²) in [6.45, 7) is 1.07. The molecule has 0 saturated carbocycles. The Kier molecular flexibility index (Phi) is 5.24. The molecule has 25 heavy (non-hydrogen) atoms. The Morgan fingerprint density at radius 1 is 1.12 bits per heavy atom. The van der Waals surface area contributed by atoms with E-state index < -0.39 is 9.84 Å². The SMILES string of the molecule is CS(=O)(=O)c1ccc(OCCNc2ccnc3cc(Br)ccc23)cc1. The summed E-state index contributed by atoms with van der Waals surface area (Å²) in [5.74, 6) is 0.637. The lowest BCUT2D eigenvalue weighted by Gasteiger charge is -2.11. The highest BCUT2D eigenvalue weighted by atomic mass is 79.9. The molecule has 7 heteroatoms. The van der Waals surface area contributed by atoms with Crippen LogP contribution < -0.4 is 10.1 Å². The summed E-state index contributed by atoms with van der Waals surface area (Å²) in [7, 11) is -3.18. The van der Waals surface area contributed by atoms with E-state index in [4.69, 9.17) is 4.74 Å². The number of aromatic nitrogens is 1. The predicted molar refractivity (Wildman–Crippen MR) is 103 cm³/mol. The lowest BCUT2D eigenvalue weighted by atomic mass is 10.2. The van der Waals surface area contributed by atoms with Crippen LogP contribution in [0.2, 0.25) is 0 Å². The molecule has 1 heterocycles. The molecule has 0 bridgehead atoms. The maximum absolute atomic E-state index is 11.4. The van der Waals surface area contributed by atoms with Gasteiger partial charge in [-0.15, -0.1) is 0 Å². The first-order chi connectivity index (χ1) is 11.9. The van der Waals surface area contributed by atoms with E-state index in [1.54, 1.807) is 30.5 Å². The molecule has 0 amide bonds. The number of nitrogens with one attached hydrogen (secondary N) is 1. The van der Waals surface area contributed by atoms with Crippen molar-refractivity contribution in [1.82, 2.24) is 4.98 Å². The number of fused-ring (bicyclic) bond motifs is 1. The topological polar surface area (TPSA) is 68.3 Å². The number of halogens is 1. The van der Waals surface area contributed by atoms with Crippen LogP contribution in [0, 0.1) is 0 Å². The number of rotatable bonds is 6. The number of hydrogen-bond donors (Lipinski definition) is 1. The van der Waals surface area contributed by atoms with Crippen LogP contribution in [-0.4, -0.2) is 32.8 Å². The van der Waals surface area contributed by atoms with Crippen molar-refractivity contribution in [2.75, 3.05) is 24.7 Å². The van der Waals surface area contributed by atoms with Gasteiger partial charge in [0.2, 0.25) is 0 Å². The van der Waals surface area contributed by atoms with Crippen molar-refractivity contribution < 1.29 is 13.2 Å². The fraction of sp³-hybridized carbons (Fsp3) is 0.167. The Bertz CT molecular complexity index is 989. The molecule has 5 nitrogen and oxygen atoms in total. The van der Waals surface area contributed by atoms with Gasteiger partial charge in [0.15, 0.2) is 9.84 Å². The second-order valence-corrected chi connectivity index (χ2v) is 8.47. The van der Waals surface area contributed by atoms with E-state index in [1.807, 2.05) is 24.3 Å². The van der Waals surface area contributed by atoms with Crippen LogP contribution in [0.1, 0.15) is 0 Å². The second-order valence-electron chi connectivity index (χ2n) is 5.54. The number of nitrogens with zero attached hydrogens (tertiary/aromatic N) is 1. The van der Waals surface area contributed by atoms with Gasteiger partial charge >= 0.3 is 0 Å². The molecule has 1 N–H and O–H groups in total. The van der Waals surface area contributed by atoms with E-state index in [0.717, 1.165) is 21.1 Å². The summed E-state index contributed by atoms with van der Waals surface area (Å²) < 4.78 is 29.5. The Hall–Kier alpha value is -2.12. The first-order valence-electron chi connectivity index (χ1n) is 7.64. The molecule has 0 aliphatic carbocycles. The van der Waals surface area contributed by atoms with Crippen molar-refractivity contribution in [1.29, 1.82) is 0 Å². The number of ether oxygens (including phenoxy) is 1. The van der Waals surface area contributed by atoms with E-state index in [9.17, 15) is 8.42 Å². The average Bonchev–Trinajstić information content (AvgIpc) is 2.58. The number of pyridine rings is 1. The molecule has 0 aliphatic heterocycles. The molecule has 1 aromatic heterocycles. The number of hydrogen-bond acceptors (Lipinski definition) is 5. The molecule has 0 saturated heterocycles. The zero-order valence-electron chi connectivity index (χ0n) is 13.6. The van der Waals surface area contributed by atoms with Gasteiger partial charge in [-0.25, -0.2) is 8.42 Å². The van der Waals surface area contributed by atoms with Gasteiger partial charge in [-0.05, 0) is 48.5 Å². The molecule has 3 aromatic rings. The van der Waals surface area contributed by atoms with Gasteiger partial charge in [0.25, 0.3) is 0 Å². The largest absolute Gasteiger partial charge is 0.492 e. The van der Waals surface area contributed by atoms with Gasteiger partial charge in [0, 0.05) is 34.5 Å². The summed E-state index contributed by atoms with van der Waals surface area (Å²) in [5, 5.41) is 4.38. The van der Waals surface area contributed by atoms with E-state index in [0.29, 0.717) is 18.9 Å². The molecule has 0 spiro atoms. The highest BCUT2D eigenvalue weighted by Crippen LogP contribution is 2.24. The first-order valence-corrected chi connectivity index (χ1v) is 10.3. The summed E-state index contributed by atoms with van der Waals surface area (Å²) in [4.78, 5) is 4.64. The maximum atomic E-state index is 11.4. The lowest BCUT2D eigenvalue weighted by molar-refractivity contribution is 0.332. The molecular formula is C18H17BrN2O3S. The van der Waals surface area contributed by atoms with Gasteiger partial charge in [0.1, 0.15) is 12.4 Å². The molecular weight excluding hydrogens is 404 g/mol. The van der Waals surface area contributed by atoms with E-state index in [1.165, 1.54) is 6.26 Å². The molecule has 0 aliphatic rings. The summed E-state index contributed by atoms with van der Waals surface area (Å²) >= 11 is 3.45. The fourth-order valence-electron chi connectivity index (χ4n) is 2.41. The van der Waals surface area contributed by atoms with Crippen molar-refractivity contribution >= 4 is 42.4 Å². The standard InChI is InChI=1S/C18H17BrN2O3S/c1-25(22,23)15-5-3-14(4-6-15)24-11-10-21-17-8-9-20-18-12-13(19)2-7-16(17)18/h2-9,12H,10-11H2,1H3,(H,20,21). The van der Waals surface area contributed by atoms with Crippen LogP contribution in [0.15, 0.2) is 64.1 Å².